The van der Waals surface area contributed by atoms with Crippen molar-refractivity contribution in [2.45, 2.75) is 51.2 Å². The van der Waals surface area contributed by atoms with Crippen molar-refractivity contribution < 1.29 is 4.74 Å². The molecule has 76 valence electrons. The molecule has 2 atom stereocenters. The number of nitrogens with one attached hydrogen (secondary N) is 1. The maximum Gasteiger partial charge on any atom is 0.0785 e. The predicted octanol–water partition coefficient (Wildman–Crippen LogP) is 1.94. The SMILES string of the molecule is CCC1CNCC(C)(CC2CC2)O1. The molecule has 2 fully saturated rings. The van der Waals surface area contributed by atoms with E-state index in [-0.39, 0.29) is 5.60 Å². The third-order valence-corrected chi connectivity index (χ3v) is 3.19. The average Bonchev–Trinajstić information content (AvgIpc) is 2.87. The summed E-state index contributed by atoms with van der Waals surface area (Å²) in [6.45, 7) is 6.55. The van der Waals surface area contributed by atoms with Gasteiger partial charge in [0.2, 0.25) is 0 Å². The summed E-state index contributed by atoms with van der Waals surface area (Å²) in [7, 11) is 0. The molecule has 2 unspecified atom stereocenters. The van der Waals surface area contributed by atoms with Crippen molar-refractivity contribution in [2.24, 2.45) is 5.92 Å². The molecule has 1 N–H and O–H groups in total. The second-order valence-electron chi connectivity index (χ2n) is 4.88. The van der Waals surface area contributed by atoms with Gasteiger partial charge in [-0.25, -0.2) is 0 Å². The molecule has 1 saturated heterocycles. The van der Waals surface area contributed by atoms with Gasteiger partial charge in [0, 0.05) is 13.1 Å². The summed E-state index contributed by atoms with van der Waals surface area (Å²) in [6, 6.07) is 0. The van der Waals surface area contributed by atoms with Gasteiger partial charge in [-0.2, -0.15) is 0 Å². The van der Waals surface area contributed by atoms with Gasteiger partial charge in [0.05, 0.1) is 11.7 Å². The van der Waals surface area contributed by atoms with E-state index in [9.17, 15) is 0 Å². The van der Waals surface area contributed by atoms with Crippen LogP contribution in [0.25, 0.3) is 0 Å². The molecule has 0 bridgehead atoms. The van der Waals surface area contributed by atoms with Gasteiger partial charge in [0.1, 0.15) is 0 Å². The van der Waals surface area contributed by atoms with Gasteiger partial charge in [0.15, 0.2) is 0 Å². The predicted molar refractivity (Wildman–Crippen MR) is 53.8 cm³/mol. The first-order valence-electron chi connectivity index (χ1n) is 5.60. The summed E-state index contributed by atoms with van der Waals surface area (Å²) in [4.78, 5) is 0. The smallest absolute Gasteiger partial charge is 0.0785 e. The van der Waals surface area contributed by atoms with Crippen LogP contribution in [0.4, 0.5) is 0 Å². The molecule has 0 aromatic carbocycles. The van der Waals surface area contributed by atoms with Crippen LogP contribution in [0.1, 0.15) is 39.5 Å². The molecule has 2 heteroatoms. The monoisotopic (exact) mass is 183 g/mol. The highest BCUT2D eigenvalue weighted by molar-refractivity contribution is 4.90. The van der Waals surface area contributed by atoms with Crippen molar-refractivity contribution in [1.82, 2.24) is 5.32 Å². The van der Waals surface area contributed by atoms with Gasteiger partial charge < -0.3 is 10.1 Å². The molecule has 2 rings (SSSR count). The lowest BCUT2D eigenvalue weighted by atomic mass is 9.96. The Labute approximate surface area is 81.0 Å². The maximum absolute atomic E-state index is 6.11. The summed E-state index contributed by atoms with van der Waals surface area (Å²) >= 11 is 0. The van der Waals surface area contributed by atoms with Gasteiger partial charge in [-0.3, -0.25) is 0 Å². The van der Waals surface area contributed by atoms with Crippen molar-refractivity contribution in [1.29, 1.82) is 0 Å². The number of hydrogen-bond acceptors (Lipinski definition) is 2. The van der Waals surface area contributed by atoms with Crippen LogP contribution in [0, 0.1) is 5.92 Å². The topological polar surface area (TPSA) is 21.3 Å². The Hall–Kier alpha value is -0.0800. The average molecular weight is 183 g/mol. The molecule has 2 aliphatic rings. The summed E-state index contributed by atoms with van der Waals surface area (Å²) in [5, 5.41) is 3.48. The van der Waals surface area contributed by atoms with Gasteiger partial charge >= 0.3 is 0 Å². The van der Waals surface area contributed by atoms with E-state index >= 15 is 0 Å². The Morgan fingerprint density at radius 1 is 1.46 bits per heavy atom. The van der Waals surface area contributed by atoms with Crippen LogP contribution in [0.15, 0.2) is 0 Å². The number of hydrogen-bond donors (Lipinski definition) is 1. The van der Waals surface area contributed by atoms with Crippen LogP contribution in [0.3, 0.4) is 0 Å². The zero-order valence-electron chi connectivity index (χ0n) is 8.81. The molecule has 0 aromatic heterocycles. The fraction of sp³-hybridized carbons (Fsp3) is 1.00. The molecular formula is C11H21NO. The van der Waals surface area contributed by atoms with Crippen molar-refractivity contribution in [3.63, 3.8) is 0 Å². The van der Waals surface area contributed by atoms with Gasteiger partial charge in [-0.1, -0.05) is 19.8 Å². The number of ether oxygens (including phenoxy) is 1. The van der Waals surface area contributed by atoms with Gasteiger partial charge in [-0.15, -0.1) is 0 Å². The van der Waals surface area contributed by atoms with Gasteiger partial charge in [-0.05, 0) is 25.7 Å². The molecule has 0 amide bonds. The van der Waals surface area contributed by atoms with E-state index in [1.54, 1.807) is 0 Å². The zero-order chi connectivity index (χ0) is 9.31. The van der Waals surface area contributed by atoms with E-state index < -0.39 is 0 Å². The number of morpholine rings is 1. The third-order valence-electron chi connectivity index (χ3n) is 3.19. The van der Waals surface area contributed by atoms with Crippen LogP contribution in [0.2, 0.25) is 0 Å². The Balaban J connectivity index is 1.87. The van der Waals surface area contributed by atoms with Crippen LogP contribution < -0.4 is 5.32 Å². The van der Waals surface area contributed by atoms with Crippen molar-refractivity contribution in [2.75, 3.05) is 13.1 Å². The number of rotatable bonds is 3. The van der Waals surface area contributed by atoms with Crippen molar-refractivity contribution >= 4 is 0 Å². The molecule has 13 heavy (non-hydrogen) atoms. The molecule has 1 heterocycles. The highest BCUT2D eigenvalue weighted by Crippen LogP contribution is 2.39. The van der Waals surface area contributed by atoms with Crippen LogP contribution in [-0.4, -0.2) is 24.8 Å². The largest absolute Gasteiger partial charge is 0.369 e. The van der Waals surface area contributed by atoms with Crippen molar-refractivity contribution in [3.05, 3.63) is 0 Å². The first-order chi connectivity index (χ1) is 6.22. The van der Waals surface area contributed by atoms with E-state index in [4.69, 9.17) is 4.74 Å². The minimum Gasteiger partial charge on any atom is -0.369 e. The van der Waals surface area contributed by atoms with E-state index in [0.29, 0.717) is 6.10 Å². The lowest BCUT2D eigenvalue weighted by Crippen LogP contribution is -2.52. The maximum atomic E-state index is 6.11. The summed E-state index contributed by atoms with van der Waals surface area (Å²) < 4.78 is 6.11. The Morgan fingerprint density at radius 2 is 2.23 bits per heavy atom. The van der Waals surface area contributed by atoms with Crippen LogP contribution in [0.5, 0.6) is 0 Å². The van der Waals surface area contributed by atoms with E-state index in [1.807, 2.05) is 0 Å². The normalized spacial score (nSPS) is 40.6. The van der Waals surface area contributed by atoms with Crippen LogP contribution >= 0.6 is 0 Å². The second kappa shape index (κ2) is 3.58. The molecule has 1 aliphatic carbocycles. The first kappa shape index (κ1) is 9.47. The molecule has 1 aliphatic heterocycles. The minimum absolute atomic E-state index is 0.125. The molecule has 0 aromatic rings. The fourth-order valence-electron chi connectivity index (χ4n) is 2.26. The molecular weight excluding hydrogens is 162 g/mol. The Bertz CT molecular complexity index is 179. The Morgan fingerprint density at radius 3 is 2.85 bits per heavy atom. The van der Waals surface area contributed by atoms with Crippen LogP contribution in [-0.2, 0) is 4.74 Å². The molecule has 0 radical (unpaired) electrons. The molecule has 1 saturated carbocycles. The first-order valence-corrected chi connectivity index (χ1v) is 5.60. The quantitative estimate of drug-likeness (QED) is 0.722. The van der Waals surface area contributed by atoms with E-state index in [1.165, 1.54) is 19.3 Å². The van der Waals surface area contributed by atoms with Crippen molar-refractivity contribution in [3.8, 4) is 0 Å². The lowest BCUT2D eigenvalue weighted by Gasteiger charge is -2.39. The third kappa shape index (κ3) is 2.44. The Kier molecular flexibility index (Phi) is 2.61. The summed E-state index contributed by atoms with van der Waals surface area (Å²) in [5.41, 5.74) is 0.125. The molecule has 2 nitrogen and oxygen atoms in total. The standard InChI is InChI=1S/C11H21NO/c1-3-10-7-12-8-11(2,13-10)6-9-4-5-9/h9-10,12H,3-8H2,1-2H3. The zero-order valence-corrected chi connectivity index (χ0v) is 8.81. The highest BCUT2D eigenvalue weighted by atomic mass is 16.5. The van der Waals surface area contributed by atoms with E-state index in [2.05, 4.69) is 19.2 Å². The minimum atomic E-state index is 0.125. The fourth-order valence-corrected chi connectivity index (χ4v) is 2.26. The van der Waals surface area contributed by atoms with Gasteiger partial charge in [0.25, 0.3) is 0 Å². The van der Waals surface area contributed by atoms with E-state index in [0.717, 1.165) is 25.4 Å². The molecule has 0 spiro atoms. The second-order valence-corrected chi connectivity index (χ2v) is 4.88. The summed E-state index contributed by atoms with van der Waals surface area (Å²) in [6.07, 6.45) is 5.69. The summed E-state index contributed by atoms with van der Waals surface area (Å²) in [5.74, 6) is 0.961. The highest BCUT2D eigenvalue weighted by Gasteiger charge is 2.37. The lowest BCUT2D eigenvalue weighted by molar-refractivity contribution is -0.112.